The zero-order valence-electron chi connectivity index (χ0n) is 9.95. The van der Waals surface area contributed by atoms with Gasteiger partial charge < -0.3 is 0 Å². The van der Waals surface area contributed by atoms with Gasteiger partial charge in [0.25, 0.3) is 0 Å². The van der Waals surface area contributed by atoms with Crippen LogP contribution in [0, 0.1) is 6.92 Å². The Hall–Kier alpha value is -1.15. The molecule has 1 aromatic heterocycles. The molecule has 1 rings (SSSR count). The van der Waals surface area contributed by atoms with Crippen molar-refractivity contribution in [2.24, 2.45) is 0 Å². The summed E-state index contributed by atoms with van der Waals surface area (Å²) in [5, 5.41) is 3.15. The van der Waals surface area contributed by atoms with Gasteiger partial charge >= 0.3 is 0 Å². The second kappa shape index (κ2) is 8.18. The van der Waals surface area contributed by atoms with E-state index in [2.05, 4.69) is 16.9 Å². The lowest BCUT2D eigenvalue weighted by Crippen LogP contribution is -1.80. The van der Waals surface area contributed by atoms with Crippen LogP contribution in [0.2, 0.25) is 0 Å². The summed E-state index contributed by atoms with van der Waals surface area (Å²) in [6.07, 6.45) is 7.79. The van der Waals surface area contributed by atoms with Crippen molar-refractivity contribution in [1.29, 1.82) is 0 Å². The first-order valence-corrected chi connectivity index (χ1v) is 6.03. The van der Waals surface area contributed by atoms with Crippen LogP contribution < -0.4 is 0 Å². The number of nitrogens with zero attached hydrogens (tertiary/aromatic N) is 1. The van der Waals surface area contributed by atoms with Crippen LogP contribution >= 0.6 is 11.3 Å². The number of aryl methyl sites for hydroxylation is 1. The highest BCUT2D eigenvalue weighted by molar-refractivity contribution is 7.09. The number of thiazole rings is 1. The lowest BCUT2D eigenvalue weighted by molar-refractivity contribution is 1.26. The lowest BCUT2D eigenvalue weighted by Gasteiger charge is -1.94. The largest absolute Gasteiger partial charge is 0.242 e. The highest BCUT2D eigenvalue weighted by Crippen LogP contribution is 2.18. The molecule has 0 amide bonds. The van der Waals surface area contributed by atoms with E-state index in [4.69, 9.17) is 0 Å². The molecule has 1 nitrogen and oxygen atoms in total. The first-order chi connectivity index (χ1) is 7.27. The van der Waals surface area contributed by atoms with E-state index in [9.17, 15) is 0 Å². The predicted octanol–water partition coefficient (Wildman–Crippen LogP) is 4.62. The van der Waals surface area contributed by atoms with Crippen molar-refractivity contribution in [3.05, 3.63) is 47.0 Å². The van der Waals surface area contributed by atoms with Gasteiger partial charge in [-0.25, -0.2) is 4.98 Å². The highest BCUT2D eigenvalue weighted by Gasteiger charge is 2.00. The Labute approximate surface area is 96.9 Å². The summed E-state index contributed by atoms with van der Waals surface area (Å²) in [5.41, 5.74) is 2.14. The van der Waals surface area contributed by atoms with E-state index in [0.717, 1.165) is 16.3 Å². The van der Waals surface area contributed by atoms with Gasteiger partial charge in [0.1, 0.15) is 0 Å². The van der Waals surface area contributed by atoms with Crippen molar-refractivity contribution in [2.75, 3.05) is 0 Å². The van der Waals surface area contributed by atoms with Gasteiger partial charge in [0.15, 0.2) is 0 Å². The van der Waals surface area contributed by atoms with E-state index < -0.39 is 0 Å². The average molecular weight is 221 g/mol. The standard InChI is InChI=1S/C11H13NS.C2H6/c1-4-6-10(7-5-2)11-8-13-9(3)12-11;1-2/h4-8H,1H2,2-3H3;1-2H3/b7-5-,10-6+;. The molecule has 0 aromatic carbocycles. The number of aromatic nitrogens is 1. The van der Waals surface area contributed by atoms with Gasteiger partial charge in [0.2, 0.25) is 0 Å². The van der Waals surface area contributed by atoms with Gasteiger partial charge in [0.05, 0.1) is 10.7 Å². The fourth-order valence-corrected chi connectivity index (χ4v) is 1.65. The molecule has 0 fully saturated rings. The summed E-state index contributed by atoms with van der Waals surface area (Å²) in [5.74, 6) is 0. The number of rotatable bonds is 3. The molecule has 1 heterocycles. The van der Waals surface area contributed by atoms with E-state index in [0.29, 0.717) is 0 Å². The molecule has 0 saturated carbocycles. The first-order valence-electron chi connectivity index (χ1n) is 5.16. The Balaban J connectivity index is 0.000000921. The van der Waals surface area contributed by atoms with Crippen molar-refractivity contribution in [3.8, 4) is 0 Å². The molecule has 0 aliphatic rings. The second-order valence-electron chi connectivity index (χ2n) is 2.61. The van der Waals surface area contributed by atoms with Crippen LogP contribution in [0.25, 0.3) is 5.57 Å². The van der Waals surface area contributed by atoms with Crippen molar-refractivity contribution < 1.29 is 0 Å². The summed E-state index contributed by atoms with van der Waals surface area (Å²) >= 11 is 1.66. The third-order valence-corrected chi connectivity index (χ3v) is 2.33. The Morgan fingerprint density at radius 2 is 2.13 bits per heavy atom. The van der Waals surface area contributed by atoms with Crippen molar-refractivity contribution >= 4 is 16.9 Å². The van der Waals surface area contributed by atoms with Crippen LogP contribution in [0.15, 0.2) is 36.3 Å². The normalized spacial score (nSPS) is 11.1. The van der Waals surface area contributed by atoms with Crippen LogP contribution in [0.4, 0.5) is 0 Å². The third-order valence-electron chi connectivity index (χ3n) is 1.56. The smallest absolute Gasteiger partial charge is 0.0901 e. The fraction of sp³-hybridized carbons (Fsp3) is 0.308. The van der Waals surface area contributed by atoms with E-state index in [1.165, 1.54) is 0 Å². The molecule has 0 spiro atoms. The van der Waals surface area contributed by atoms with Crippen LogP contribution in [-0.2, 0) is 0 Å². The predicted molar refractivity (Wildman–Crippen MR) is 71.2 cm³/mol. The number of hydrogen-bond acceptors (Lipinski definition) is 2. The minimum Gasteiger partial charge on any atom is -0.242 e. The minimum atomic E-state index is 1.03. The molecule has 0 radical (unpaired) electrons. The van der Waals surface area contributed by atoms with Crippen LogP contribution in [0.5, 0.6) is 0 Å². The van der Waals surface area contributed by atoms with E-state index >= 15 is 0 Å². The van der Waals surface area contributed by atoms with Crippen molar-refractivity contribution in [3.63, 3.8) is 0 Å². The summed E-state index contributed by atoms with van der Waals surface area (Å²) in [4.78, 5) is 4.40. The Morgan fingerprint density at radius 1 is 1.47 bits per heavy atom. The van der Waals surface area contributed by atoms with Crippen LogP contribution in [0.1, 0.15) is 31.5 Å². The molecule has 1 aromatic rings. The van der Waals surface area contributed by atoms with Gasteiger partial charge in [-0.2, -0.15) is 0 Å². The molecule has 0 aliphatic heterocycles. The quantitative estimate of drug-likeness (QED) is 0.678. The molecule has 0 N–H and O–H groups in total. The maximum absolute atomic E-state index is 4.40. The third kappa shape index (κ3) is 4.75. The van der Waals surface area contributed by atoms with Gasteiger partial charge in [-0.3, -0.25) is 0 Å². The fourth-order valence-electron chi connectivity index (χ4n) is 1.03. The molecule has 2 heteroatoms. The maximum atomic E-state index is 4.40. The monoisotopic (exact) mass is 221 g/mol. The summed E-state index contributed by atoms with van der Waals surface area (Å²) in [6, 6.07) is 0. The minimum absolute atomic E-state index is 1.03. The first kappa shape index (κ1) is 13.8. The number of hydrogen-bond donors (Lipinski definition) is 0. The van der Waals surface area contributed by atoms with E-state index in [1.54, 1.807) is 17.4 Å². The van der Waals surface area contributed by atoms with Gasteiger partial charge in [-0.15, -0.1) is 11.3 Å². The van der Waals surface area contributed by atoms with E-state index in [-0.39, 0.29) is 0 Å². The molecule has 0 atom stereocenters. The van der Waals surface area contributed by atoms with Gasteiger partial charge in [-0.1, -0.05) is 44.7 Å². The van der Waals surface area contributed by atoms with Gasteiger partial charge in [-0.05, 0) is 13.8 Å². The van der Waals surface area contributed by atoms with Crippen LogP contribution in [0.3, 0.4) is 0 Å². The summed E-state index contributed by atoms with van der Waals surface area (Å²) < 4.78 is 0. The molecule has 0 bridgehead atoms. The van der Waals surface area contributed by atoms with Crippen LogP contribution in [-0.4, -0.2) is 4.98 Å². The van der Waals surface area contributed by atoms with E-state index in [1.807, 2.05) is 45.9 Å². The maximum Gasteiger partial charge on any atom is 0.0901 e. The molecule has 15 heavy (non-hydrogen) atoms. The molecule has 0 saturated heterocycles. The Kier molecular flexibility index (Phi) is 7.56. The molecule has 82 valence electrons. The van der Waals surface area contributed by atoms with Gasteiger partial charge in [0, 0.05) is 11.0 Å². The Bertz CT molecular complexity index is 345. The second-order valence-corrected chi connectivity index (χ2v) is 3.67. The zero-order chi connectivity index (χ0) is 11.7. The van der Waals surface area contributed by atoms with Crippen molar-refractivity contribution in [1.82, 2.24) is 4.98 Å². The lowest BCUT2D eigenvalue weighted by atomic mass is 10.2. The number of allylic oxidation sites excluding steroid dienone is 5. The Morgan fingerprint density at radius 3 is 2.53 bits per heavy atom. The molecule has 0 unspecified atom stereocenters. The molecule has 0 aliphatic carbocycles. The summed E-state index contributed by atoms with van der Waals surface area (Å²) in [6.45, 7) is 11.7. The molecular weight excluding hydrogens is 202 g/mol. The SMILES string of the molecule is C=C/C=C(\C=C/C)c1csc(C)n1.CC. The molecular formula is C13H19NS. The summed E-state index contributed by atoms with van der Waals surface area (Å²) in [7, 11) is 0. The zero-order valence-corrected chi connectivity index (χ0v) is 10.8. The average Bonchev–Trinajstić information content (AvgIpc) is 2.68. The van der Waals surface area contributed by atoms with Crippen molar-refractivity contribution in [2.45, 2.75) is 27.7 Å². The topological polar surface area (TPSA) is 12.9 Å². The highest BCUT2D eigenvalue weighted by atomic mass is 32.1.